The van der Waals surface area contributed by atoms with Crippen LogP contribution in [0.25, 0.3) is 0 Å². The molecule has 1 unspecified atom stereocenters. The zero-order valence-corrected chi connectivity index (χ0v) is 13.6. The van der Waals surface area contributed by atoms with E-state index in [4.69, 9.17) is 0 Å². The van der Waals surface area contributed by atoms with E-state index in [9.17, 15) is 9.18 Å². The van der Waals surface area contributed by atoms with Crippen molar-refractivity contribution < 1.29 is 9.18 Å². The van der Waals surface area contributed by atoms with Crippen LogP contribution in [0.5, 0.6) is 0 Å². The van der Waals surface area contributed by atoms with Crippen LogP contribution >= 0.6 is 11.8 Å². The number of amides is 1. The number of rotatable bonds is 4. The molecule has 1 fully saturated rings. The summed E-state index contributed by atoms with van der Waals surface area (Å²) in [5.41, 5.74) is 1.85. The fourth-order valence-corrected chi connectivity index (χ4v) is 4.35. The molecule has 0 saturated heterocycles. The summed E-state index contributed by atoms with van der Waals surface area (Å²) >= 11 is 1.65. The van der Waals surface area contributed by atoms with E-state index < -0.39 is 0 Å². The molecule has 1 atom stereocenters. The molecule has 1 saturated carbocycles. The molecule has 2 aliphatic rings. The number of hydrogen-bond acceptors (Lipinski definition) is 2. The second kappa shape index (κ2) is 6.00. The molecule has 4 heteroatoms. The van der Waals surface area contributed by atoms with Crippen LogP contribution in [-0.4, -0.2) is 22.1 Å². The van der Waals surface area contributed by atoms with Gasteiger partial charge in [0.25, 0.3) is 0 Å². The normalized spacial score (nSPS) is 19.4. The fourth-order valence-electron chi connectivity index (χ4n) is 3.09. The van der Waals surface area contributed by atoms with Crippen molar-refractivity contribution in [2.75, 3.05) is 0 Å². The summed E-state index contributed by atoms with van der Waals surface area (Å²) in [5, 5.41) is -0.0697. The zero-order chi connectivity index (χ0) is 15.8. The summed E-state index contributed by atoms with van der Waals surface area (Å²) in [6.45, 7) is 0.379. The van der Waals surface area contributed by atoms with E-state index in [1.165, 1.54) is 16.5 Å². The van der Waals surface area contributed by atoms with Crippen LogP contribution < -0.4 is 0 Å². The fraction of sp³-hybridized carbons (Fsp3) is 0.316. The van der Waals surface area contributed by atoms with Gasteiger partial charge >= 0.3 is 0 Å². The average Bonchev–Trinajstić information content (AvgIpc) is 3.31. The van der Waals surface area contributed by atoms with Crippen molar-refractivity contribution in [2.45, 2.75) is 42.0 Å². The second-order valence-electron chi connectivity index (χ2n) is 6.21. The Bertz CT molecular complexity index is 719. The van der Waals surface area contributed by atoms with E-state index >= 15 is 0 Å². The first-order valence-corrected chi connectivity index (χ1v) is 8.89. The van der Waals surface area contributed by atoms with Gasteiger partial charge in [-0.3, -0.25) is 4.79 Å². The van der Waals surface area contributed by atoms with Crippen LogP contribution in [0.4, 0.5) is 4.39 Å². The Morgan fingerprint density at radius 1 is 1.13 bits per heavy atom. The van der Waals surface area contributed by atoms with Gasteiger partial charge in [0.1, 0.15) is 5.82 Å². The van der Waals surface area contributed by atoms with Gasteiger partial charge in [0.2, 0.25) is 5.91 Å². The van der Waals surface area contributed by atoms with Crippen molar-refractivity contribution in [3.63, 3.8) is 0 Å². The molecule has 2 nitrogen and oxygen atoms in total. The lowest BCUT2D eigenvalue weighted by molar-refractivity contribution is -0.131. The zero-order valence-electron chi connectivity index (χ0n) is 12.7. The summed E-state index contributed by atoms with van der Waals surface area (Å²) in [4.78, 5) is 16.1. The van der Waals surface area contributed by atoms with Crippen molar-refractivity contribution in [2.24, 2.45) is 0 Å². The average molecular weight is 327 g/mol. The molecule has 0 radical (unpaired) electrons. The summed E-state index contributed by atoms with van der Waals surface area (Å²) in [5.74, 6) is -0.0785. The molecule has 1 aliphatic heterocycles. The Hall–Kier alpha value is -1.81. The molecule has 1 heterocycles. The quantitative estimate of drug-likeness (QED) is 0.845. The van der Waals surface area contributed by atoms with Gasteiger partial charge in [0.15, 0.2) is 0 Å². The van der Waals surface area contributed by atoms with Crippen LogP contribution in [0.2, 0.25) is 0 Å². The molecule has 1 amide bonds. The third-order valence-electron chi connectivity index (χ3n) is 4.49. The Morgan fingerprint density at radius 3 is 2.61 bits per heavy atom. The van der Waals surface area contributed by atoms with Gasteiger partial charge in [-0.15, -0.1) is 11.8 Å². The highest BCUT2D eigenvalue weighted by Crippen LogP contribution is 2.39. The smallest absolute Gasteiger partial charge is 0.236 e. The van der Waals surface area contributed by atoms with E-state index in [1.807, 2.05) is 23.1 Å². The van der Waals surface area contributed by atoms with Crippen molar-refractivity contribution >= 4 is 17.7 Å². The minimum absolute atomic E-state index is 0.0697. The van der Waals surface area contributed by atoms with Crippen molar-refractivity contribution in [1.29, 1.82) is 0 Å². The molecule has 23 heavy (non-hydrogen) atoms. The predicted octanol–water partition coefficient (Wildman–Crippen LogP) is 4.03. The first kappa shape index (κ1) is 14.8. The molecule has 118 valence electrons. The maximum Gasteiger partial charge on any atom is 0.236 e. The molecule has 4 rings (SSSR count). The van der Waals surface area contributed by atoms with Crippen LogP contribution in [-0.2, 0) is 17.8 Å². The van der Waals surface area contributed by atoms with Crippen LogP contribution in [0.15, 0.2) is 53.4 Å². The molecular weight excluding hydrogens is 309 g/mol. The highest BCUT2D eigenvalue weighted by Gasteiger charge is 2.38. The molecule has 0 spiro atoms. The summed E-state index contributed by atoms with van der Waals surface area (Å²) in [7, 11) is 0. The number of hydrogen-bond donors (Lipinski definition) is 0. The standard InChI is InChI=1S/C19H18FNOS/c20-16-7-3-1-6-14(16)12-21(15-9-10-15)19(22)18-11-13-5-2-4-8-17(13)23-18/h1-8,15,18H,9-12H2. The molecule has 1 aliphatic carbocycles. The maximum atomic E-state index is 13.9. The highest BCUT2D eigenvalue weighted by molar-refractivity contribution is 8.01. The lowest BCUT2D eigenvalue weighted by Gasteiger charge is -2.25. The summed E-state index contributed by atoms with van der Waals surface area (Å²) in [6.07, 6.45) is 2.84. The Balaban J connectivity index is 1.52. The third kappa shape index (κ3) is 3.00. The van der Waals surface area contributed by atoms with Crippen LogP contribution in [0.1, 0.15) is 24.0 Å². The topological polar surface area (TPSA) is 20.3 Å². The molecule has 0 N–H and O–H groups in total. The lowest BCUT2D eigenvalue weighted by Crippen LogP contribution is -2.39. The van der Waals surface area contributed by atoms with Gasteiger partial charge in [-0.2, -0.15) is 0 Å². The van der Waals surface area contributed by atoms with E-state index in [-0.39, 0.29) is 23.0 Å². The SMILES string of the molecule is O=C(C1Cc2ccccc2S1)N(Cc1ccccc1F)C1CC1. The summed E-state index contributed by atoms with van der Waals surface area (Å²) in [6, 6.07) is 15.2. The first-order valence-electron chi connectivity index (χ1n) is 8.01. The van der Waals surface area contributed by atoms with Gasteiger partial charge in [-0.05, 0) is 37.0 Å². The number of carbonyl (C=O) groups excluding carboxylic acids is 1. The number of benzene rings is 2. The van der Waals surface area contributed by atoms with Gasteiger partial charge in [0, 0.05) is 23.0 Å². The summed E-state index contributed by atoms with van der Waals surface area (Å²) < 4.78 is 13.9. The molecule has 2 aromatic carbocycles. The van der Waals surface area contributed by atoms with Crippen molar-refractivity contribution in [3.05, 3.63) is 65.5 Å². The molecule has 0 aromatic heterocycles. The Kier molecular flexibility index (Phi) is 3.85. The second-order valence-corrected chi connectivity index (χ2v) is 7.45. The molecular formula is C19H18FNOS. The first-order chi connectivity index (χ1) is 11.2. The Morgan fingerprint density at radius 2 is 1.87 bits per heavy atom. The van der Waals surface area contributed by atoms with Gasteiger partial charge in [-0.25, -0.2) is 4.39 Å². The van der Waals surface area contributed by atoms with Crippen molar-refractivity contribution in [1.82, 2.24) is 4.90 Å². The van der Waals surface area contributed by atoms with Gasteiger partial charge in [0.05, 0.1) is 5.25 Å². The molecule has 0 bridgehead atoms. The number of halogens is 1. The number of thioether (sulfide) groups is 1. The van der Waals surface area contributed by atoms with Crippen molar-refractivity contribution in [3.8, 4) is 0 Å². The number of fused-ring (bicyclic) bond motifs is 1. The Labute approximate surface area is 139 Å². The lowest BCUT2D eigenvalue weighted by atomic mass is 10.1. The monoisotopic (exact) mass is 327 g/mol. The maximum absolute atomic E-state index is 13.9. The minimum Gasteiger partial charge on any atom is -0.334 e. The highest BCUT2D eigenvalue weighted by atomic mass is 32.2. The van der Waals surface area contributed by atoms with E-state index in [1.54, 1.807) is 23.9 Å². The van der Waals surface area contributed by atoms with Crippen LogP contribution in [0.3, 0.4) is 0 Å². The number of nitrogens with zero attached hydrogens (tertiary/aromatic N) is 1. The number of carbonyl (C=O) groups is 1. The predicted molar refractivity (Wildman–Crippen MR) is 89.8 cm³/mol. The van der Waals surface area contributed by atoms with Gasteiger partial charge in [-0.1, -0.05) is 36.4 Å². The van der Waals surface area contributed by atoms with Crippen LogP contribution in [0, 0.1) is 5.82 Å². The largest absolute Gasteiger partial charge is 0.334 e. The molecule has 2 aromatic rings. The van der Waals surface area contributed by atoms with E-state index in [0.29, 0.717) is 12.1 Å². The van der Waals surface area contributed by atoms with E-state index in [2.05, 4.69) is 12.1 Å². The minimum atomic E-state index is -0.228. The van der Waals surface area contributed by atoms with E-state index in [0.717, 1.165) is 19.3 Å². The van der Waals surface area contributed by atoms with Gasteiger partial charge < -0.3 is 4.90 Å². The third-order valence-corrected chi connectivity index (χ3v) is 5.80.